The van der Waals surface area contributed by atoms with E-state index in [1.54, 1.807) is 6.07 Å². The van der Waals surface area contributed by atoms with Gasteiger partial charge in [0.2, 0.25) is 0 Å². The van der Waals surface area contributed by atoms with Gasteiger partial charge in [-0.1, -0.05) is 0 Å². The Balaban J connectivity index is 3.54. The molecule has 1 aromatic heterocycles. The maximum absolute atomic E-state index is 12.6. The predicted octanol–water partition coefficient (Wildman–Crippen LogP) is 2.56. The van der Waals surface area contributed by atoms with E-state index in [2.05, 4.69) is 4.98 Å². The molecule has 0 spiro atoms. The van der Waals surface area contributed by atoms with Gasteiger partial charge < -0.3 is 5.73 Å². The second kappa shape index (κ2) is 5.27. The second-order valence-electron chi connectivity index (χ2n) is 3.36. The average Bonchev–Trinajstić information content (AvgIpc) is 2.27. The van der Waals surface area contributed by atoms with Crippen molar-refractivity contribution in [1.29, 1.82) is 5.26 Å². The molecule has 8 heteroatoms. The summed E-state index contributed by atoms with van der Waals surface area (Å²) in [6.07, 6.45) is -7.93. The van der Waals surface area contributed by atoms with Crippen LogP contribution in [0.1, 0.15) is 28.8 Å². The number of nitriles is 1. The molecule has 0 unspecified atom stereocenters. The van der Waals surface area contributed by atoms with Crippen LogP contribution in [0.4, 0.5) is 22.0 Å². The van der Waals surface area contributed by atoms with Gasteiger partial charge in [0.15, 0.2) is 0 Å². The van der Waals surface area contributed by atoms with Crippen LogP contribution < -0.4 is 5.73 Å². The highest BCUT2D eigenvalue weighted by Gasteiger charge is 2.37. The third kappa shape index (κ3) is 2.73. The first-order valence-corrected chi connectivity index (χ1v) is 4.76. The van der Waals surface area contributed by atoms with Gasteiger partial charge in [-0.2, -0.15) is 18.4 Å². The summed E-state index contributed by atoms with van der Waals surface area (Å²) in [7, 11) is 0. The molecule has 0 radical (unpaired) electrons. The number of nitrogens with two attached hydrogens (primary N) is 1. The predicted molar refractivity (Wildman–Crippen MR) is 51.4 cm³/mol. The highest BCUT2D eigenvalue weighted by molar-refractivity contribution is 5.40. The van der Waals surface area contributed by atoms with E-state index in [9.17, 15) is 22.0 Å². The zero-order valence-electron chi connectivity index (χ0n) is 8.93. The number of pyridine rings is 1. The lowest BCUT2D eigenvalue weighted by Crippen LogP contribution is -2.18. The quantitative estimate of drug-likeness (QED) is 0.854. The third-order valence-corrected chi connectivity index (χ3v) is 2.29. The summed E-state index contributed by atoms with van der Waals surface area (Å²) in [5.74, 6) is 0. The Bertz CT molecular complexity index is 476. The van der Waals surface area contributed by atoms with Crippen LogP contribution in [0.2, 0.25) is 0 Å². The molecule has 0 fully saturated rings. The number of halogens is 5. The number of alkyl halides is 5. The first kappa shape index (κ1) is 14.3. The molecule has 0 saturated heterocycles. The van der Waals surface area contributed by atoms with E-state index in [1.807, 2.05) is 0 Å². The third-order valence-electron chi connectivity index (χ3n) is 2.29. The number of nitrogens with zero attached hydrogens (tertiary/aromatic N) is 2. The molecule has 0 saturated carbocycles. The second-order valence-corrected chi connectivity index (χ2v) is 3.36. The van der Waals surface area contributed by atoms with Crippen LogP contribution in [0.5, 0.6) is 0 Å². The number of hydrogen-bond acceptors (Lipinski definition) is 3. The van der Waals surface area contributed by atoms with Crippen LogP contribution in [0.15, 0.2) is 6.20 Å². The van der Waals surface area contributed by atoms with Crippen molar-refractivity contribution in [3.63, 3.8) is 0 Å². The molecule has 0 bridgehead atoms. The van der Waals surface area contributed by atoms with Crippen molar-refractivity contribution in [1.82, 2.24) is 4.98 Å². The molecule has 0 aliphatic heterocycles. The van der Waals surface area contributed by atoms with Gasteiger partial charge in [0.1, 0.15) is 5.69 Å². The Hall–Kier alpha value is -1.75. The molecule has 98 valence electrons. The van der Waals surface area contributed by atoms with Gasteiger partial charge in [-0.25, -0.2) is 8.78 Å². The normalized spacial score (nSPS) is 11.7. The van der Waals surface area contributed by atoms with Crippen molar-refractivity contribution >= 4 is 0 Å². The minimum atomic E-state index is -4.79. The molecule has 18 heavy (non-hydrogen) atoms. The van der Waals surface area contributed by atoms with Crippen LogP contribution in [0, 0.1) is 11.3 Å². The Morgan fingerprint density at radius 3 is 2.33 bits per heavy atom. The van der Waals surface area contributed by atoms with E-state index in [0.29, 0.717) is 6.20 Å². The molecule has 1 rings (SSSR count). The molecule has 0 aliphatic carbocycles. The number of rotatable bonds is 3. The van der Waals surface area contributed by atoms with Gasteiger partial charge in [-0.15, -0.1) is 0 Å². The van der Waals surface area contributed by atoms with Crippen LogP contribution in [0.25, 0.3) is 0 Å². The monoisotopic (exact) mass is 265 g/mol. The lowest BCUT2D eigenvalue weighted by Gasteiger charge is -2.16. The molecule has 0 aliphatic rings. The van der Waals surface area contributed by atoms with Crippen molar-refractivity contribution < 1.29 is 22.0 Å². The summed E-state index contributed by atoms with van der Waals surface area (Å²) in [6.45, 7) is -0.612. The van der Waals surface area contributed by atoms with E-state index in [0.717, 1.165) is 0 Å². The molecular weight excluding hydrogens is 257 g/mol. The van der Waals surface area contributed by atoms with Gasteiger partial charge in [-0.05, 0) is 5.56 Å². The van der Waals surface area contributed by atoms with Crippen LogP contribution in [-0.2, 0) is 19.1 Å². The van der Waals surface area contributed by atoms with Crippen molar-refractivity contribution in [2.24, 2.45) is 5.73 Å². The summed E-state index contributed by atoms with van der Waals surface area (Å²) < 4.78 is 63.0. The smallest absolute Gasteiger partial charge is 0.326 e. The van der Waals surface area contributed by atoms with Gasteiger partial charge in [0.25, 0.3) is 6.43 Å². The fourth-order valence-electron chi connectivity index (χ4n) is 1.55. The summed E-state index contributed by atoms with van der Waals surface area (Å²) in [5.41, 5.74) is 2.20. The zero-order valence-corrected chi connectivity index (χ0v) is 8.93. The van der Waals surface area contributed by atoms with E-state index >= 15 is 0 Å². The summed E-state index contributed by atoms with van der Waals surface area (Å²) in [4.78, 5) is 2.99. The largest absolute Gasteiger partial charge is 0.433 e. The topological polar surface area (TPSA) is 62.7 Å². The van der Waals surface area contributed by atoms with Gasteiger partial charge in [0.05, 0.1) is 12.5 Å². The maximum atomic E-state index is 12.6. The van der Waals surface area contributed by atoms with Gasteiger partial charge in [0, 0.05) is 23.9 Å². The Labute approximate surface area is 99.0 Å². The summed E-state index contributed by atoms with van der Waals surface area (Å²) in [5, 5.41) is 8.50. The average molecular weight is 265 g/mol. The molecule has 0 amide bonds. The standard InChI is InChI=1S/C10H8F5N3/c11-9(12)7-4-18-8(10(13,14)15)6(3-17)5(7)1-2-16/h4,9H,1,3,17H2. The molecule has 1 heterocycles. The lowest BCUT2D eigenvalue weighted by molar-refractivity contribution is -0.141. The van der Waals surface area contributed by atoms with Gasteiger partial charge in [-0.3, -0.25) is 4.98 Å². The summed E-state index contributed by atoms with van der Waals surface area (Å²) >= 11 is 0. The SMILES string of the molecule is N#CCc1c(C(F)F)cnc(C(F)(F)F)c1CN. The summed E-state index contributed by atoms with van der Waals surface area (Å²) in [6, 6.07) is 1.55. The lowest BCUT2D eigenvalue weighted by atomic mass is 9.98. The number of hydrogen-bond donors (Lipinski definition) is 1. The van der Waals surface area contributed by atoms with Crippen molar-refractivity contribution in [3.05, 3.63) is 28.6 Å². The molecule has 1 aromatic rings. The number of aromatic nitrogens is 1. The van der Waals surface area contributed by atoms with E-state index < -0.39 is 48.0 Å². The maximum Gasteiger partial charge on any atom is 0.433 e. The van der Waals surface area contributed by atoms with Crippen molar-refractivity contribution in [3.8, 4) is 6.07 Å². The first-order chi connectivity index (χ1) is 8.32. The highest BCUT2D eigenvalue weighted by atomic mass is 19.4. The Kier molecular flexibility index (Phi) is 4.19. The fourth-order valence-corrected chi connectivity index (χ4v) is 1.55. The Morgan fingerprint density at radius 2 is 1.94 bits per heavy atom. The van der Waals surface area contributed by atoms with Crippen LogP contribution >= 0.6 is 0 Å². The van der Waals surface area contributed by atoms with E-state index in [-0.39, 0.29) is 0 Å². The van der Waals surface area contributed by atoms with Crippen molar-refractivity contribution in [2.75, 3.05) is 0 Å². The minimum absolute atomic E-state index is 0.391. The molecule has 0 atom stereocenters. The van der Waals surface area contributed by atoms with E-state index in [4.69, 9.17) is 11.0 Å². The zero-order chi connectivity index (χ0) is 13.9. The van der Waals surface area contributed by atoms with Crippen LogP contribution in [-0.4, -0.2) is 4.98 Å². The Morgan fingerprint density at radius 1 is 1.33 bits per heavy atom. The fraction of sp³-hybridized carbons (Fsp3) is 0.400. The van der Waals surface area contributed by atoms with E-state index in [1.165, 1.54) is 0 Å². The molecule has 2 N–H and O–H groups in total. The minimum Gasteiger partial charge on any atom is -0.326 e. The van der Waals surface area contributed by atoms with Gasteiger partial charge >= 0.3 is 6.18 Å². The highest BCUT2D eigenvalue weighted by Crippen LogP contribution is 2.35. The molecular formula is C10H8F5N3. The van der Waals surface area contributed by atoms with Crippen molar-refractivity contribution in [2.45, 2.75) is 25.6 Å². The molecule has 0 aromatic carbocycles. The first-order valence-electron chi connectivity index (χ1n) is 4.76. The van der Waals surface area contributed by atoms with Crippen LogP contribution in [0.3, 0.4) is 0 Å². The molecule has 3 nitrogen and oxygen atoms in total.